The van der Waals surface area contributed by atoms with Gasteiger partial charge in [-0.15, -0.1) is 0 Å². The van der Waals surface area contributed by atoms with E-state index < -0.39 is 0 Å². The summed E-state index contributed by atoms with van der Waals surface area (Å²) < 4.78 is 0. The van der Waals surface area contributed by atoms with E-state index in [2.05, 4.69) is 45.9 Å². The number of rotatable bonds is 4. The number of hydrogen-bond acceptors (Lipinski definition) is 4. The van der Waals surface area contributed by atoms with Gasteiger partial charge < -0.3 is 9.80 Å². The number of nitrogens with zero attached hydrogens (tertiary/aromatic N) is 4. The van der Waals surface area contributed by atoms with Gasteiger partial charge in [-0.2, -0.15) is 0 Å². The minimum Gasteiger partial charge on any atom is -0.357 e. The summed E-state index contributed by atoms with van der Waals surface area (Å²) in [6.07, 6.45) is 7.31. The number of aromatic nitrogens is 2. The van der Waals surface area contributed by atoms with Crippen LogP contribution < -0.4 is 4.90 Å². The predicted octanol–water partition coefficient (Wildman–Crippen LogP) is 2.85. The first-order valence-corrected chi connectivity index (χ1v) is 9.37. The van der Waals surface area contributed by atoms with Crippen LogP contribution >= 0.6 is 0 Å². The smallest absolute Gasteiger partial charge is 0.227 e. The Labute approximate surface area is 155 Å². The topological polar surface area (TPSA) is 49.3 Å². The van der Waals surface area contributed by atoms with Crippen molar-refractivity contribution in [3.63, 3.8) is 0 Å². The number of anilines is 1. The van der Waals surface area contributed by atoms with Crippen molar-refractivity contribution in [3.05, 3.63) is 54.0 Å². The van der Waals surface area contributed by atoms with E-state index in [-0.39, 0.29) is 5.91 Å². The SMILES string of the molecule is Cc1ccccc1CC(=O)N1CCC2(CC(N(C)c3ccncn3)C2)C1. The predicted molar refractivity (Wildman–Crippen MR) is 102 cm³/mol. The second kappa shape index (κ2) is 6.71. The van der Waals surface area contributed by atoms with Gasteiger partial charge in [0.05, 0.1) is 6.42 Å². The number of aryl methyl sites for hydroxylation is 1. The molecule has 1 aromatic carbocycles. The van der Waals surface area contributed by atoms with Crippen molar-refractivity contribution in [1.29, 1.82) is 0 Å². The van der Waals surface area contributed by atoms with Crippen LogP contribution in [0.4, 0.5) is 5.82 Å². The van der Waals surface area contributed by atoms with Crippen LogP contribution in [0.2, 0.25) is 0 Å². The minimum absolute atomic E-state index is 0.267. The van der Waals surface area contributed by atoms with Gasteiger partial charge in [0.1, 0.15) is 12.1 Å². The molecule has 5 nitrogen and oxygen atoms in total. The molecular formula is C21H26N4O. The number of hydrogen-bond donors (Lipinski definition) is 0. The van der Waals surface area contributed by atoms with Crippen LogP contribution in [-0.4, -0.2) is 47.0 Å². The largest absolute Gasteiger partial charge is 0.357 e. The van der Waals surface area contributed by atoms with Gasteiger partial charge in [0.2, 0.25) is 5.91 Å². The molecule has 2 aromatic rings. The van der Waals surface area contributed by atoms with Crippen molar-refractivity contribution in [1.82, 2.24) is 14.9 Å². The average Bonchev–Trinajstić information content (AvgIpc) is 3.08. The number of carbonyl (C=O) groups is 1. The molecule has 2 fully saturated rings. The zero-order chi connectivity index (χ0) is 18.1. The lowest BCUT2D eigenvalue weighted by Gasteiger charge is -2.49. The maximum absolute atomic E-state index is 12.7. The van der Waals surface area contributed by atoms with Crippen LogP contribution in [0, 0.1) is 12.3 Å². The van der Waals surface area contributed by atoms with Crippen molar-refractivity contribution in [2.24, 2.45) is 5.41 Å². The molecular weight excluding hydrogens is 324 g/mol. The zero-order valence-electron chi connectivity index (χ0n) is 15.6. The first-order valence-electron chi connectivity index (χ1n) is 9.37. The van der Waals surface area contributed by atoms with E-state index in [1.54, 1.807) is 12.5 Å². The van der Waals surface area contributed by atoms with Gasteiger partial charge in [0, 0.05) is 32.4 Å². The van der Waals surface area contributed by atoms with Crippen LogP contribution in [0.25, 0.3) is 0 Å². The fraction of sp³-hybridized carbons (Fsp3) is 0.476. The maximum atomic E-state index is 12.7. The first-order chi connectivity index (χ1) is 12.6. The summed E-state index contributed by atoms with van der Waals surface area (Å²) >= 11 is 0. The quantitative estimate of drug-likeness (QED) is 0.851. The molecule has 0 radical (unpaired) electrons. The summed E-state index contributed by atoms with van der Waals surface area (Å²) in [6, 6.07) is 10.6. The molecule has 1 spiro atoms. The summed E-state index contributed by atoms with van der Waals surface area (Å²) in [4.78, 5) is 25.4. The number of amides is 1. The Bertz CT molecular complexity index is 786. The zero-order valence-corrected chi connectivity index (χ0v) is 15.6. The molecule has 0 unspecified atom stereocenters. The first kappa shape index (κ1) is 17.0. The summed E-state index contributed by atoms with van der Waals surface area (Å²) in [6.45, 7) is 3.88. The highest BCUT2D eigenvalue weighted by molar-refractivity contribution is 5.79. The van der Waals surface area contributed by atoms with Crippen LogP contribution in [0.3, 0.4) is 0 Å². The van der Waals surface area contributed by atoms with Gasteiger partial charge >= 0.3 is 0 Å². The van der Waals surface area contributed by atoms with E-state index >= 15 is 0 Å². The van der Waals surface area contributed by atoms with Gasteiger partial charge in [0.25, 0.3) is 0 Å². The molecule has 1 aliphatic carbocycles. The Morgan fingerprint density at radius 1 is 1.31 bits per heavy atom. The molecule has 1 saturated carbocycles. The second-order valence-corrected chi connectivity index (χ2v) is 7.91. The fourth-order valence-electron chi connectivity index (χ4n) is 4.46. The normalized spacial score (nSPS) is 24.5. The van der Waals surface area contributed by atoms with Crippen molar-refractivity contribution >= 4 is 11.7 Å². The van der Waals surface area contributed by atoms with Gasteiger partial charge in [-0.1, -0.05) is 24.3 Å². The van der Waals surface area contributed by atoms with Crippen LogP contribution in [-0.2, 0) is 11.2 Å². The molecule has 0 bridgehead atoms. The van der Waals surface area contributed by atoms with Crippen LogP contribution in [0.1, 0.15) is 30.4 Å². The van der Waals surface area contributed by atoms with Crippen molar-refractivity contribution in [3.8, 4) is 0 Å². The summed E-state index contributed by atoms with van der Waals surface area (Å²) in [5, 5.41) is 0. The lowest BCUT2D eigenvalue weighted by atomic mass is 9.64. The molecule has 4 rings (SSSR count). The summed E-state index contributed by atoms with van der Waals surface area (Å²) in [5.74, 6) is 1.24. The Morgan fingerprint density at radius 3 is 2.85 bits per heavy atom. The van der Waals surface area contributed by atoms with Crippen molar-refractivity contribution < 1.29 is 4.79 Å². The third kappa shape index (κ3) is 3.18. The second-order valence-electron chi connectivity index (χ2n) is 7.91. The molecule has 5 heteroatoms. The van der Waals surface area contributed by atoms with Gasteiger partial charge in [-0.3, -0.25) is 4.79 Å². The van der Waals surface area contributed by atoms with Gasteiger partial charge in [-0.25, -0.2) is 9.97 Å². The van der Waals surface area contributed by atoms with Gasteiger partial charge in [0.15, 0.2) is 0 Å². The lowest BCUT2D eigenvalue weighted by molar-refractivity contribution is -0.130. The van der Waals surface area contributed by atoms with Crippen LogP contribution in [0.15, 0.2) is 42.9 Å². The third-order valence-corrected chi connectivity index (χ3v) is 6.21. The van der Waals surface area contributed by atoms with E-state index in [0.29, 0.717) is 17.9 Å². The van der Waals surface area contributed by atoms with Crippen LogP contribution in [0.5, 0.6) is 0 Å². The fourth-order valence-corrected chi connectivity index (χ4v) is 4.46. The number of carbonyl (C=O) groups excluding carboxylic acids is 1. The monoisotopic (exact) mass is 350 g/mol. The van der Waals surface area contributed by atoms with E-state index in [4.69, 9.17) is 0 Å². The Kier molecular flexibility index (Phi) is 4.39. The summed E-state index contributed by atoms with van der Waals surface area (Å²) in [5.41, 5.74) is 2.66. The van der Waals surface area contributed by atoms with E-state index in [1.165, 1.54) is 5.56 Å². The molecule has 0 atom stereocenters. The molecule has 136 valence electrons. The average molecular weight is 350 g/mol. The third-order valence-electron chi connectivity index (χ3n) is 6.21. The highest BCUT2D eigenvalue weighted by atomic mass is 16.2. The van der Waals surface area contributed by atoms with E-state index in [1.807, 2.05) is 18.2 Å². The molecule has 2 aliphatic rings. The van der Waals surface area contributed by atoms with E-state index in [0.717, 1.165) is 43.7 Å². The highest BCUT2D eigenvalue weighted by Gasteiger charge is 2.50. The molecule has 0 N–H and O–H groups in total. The molecule has 1 aliphatic heterocycles. The Morgan fingerprint density at radius 2 is 2.12 bits per heavy atom. The van der Waals surface area contributed by atoms with Gasteiger partial charge in [-0.05, 0) is 48.8 Å². The molecule has 26 heavy (non-hydrogen) atoms. The van der Waals surface area contributed by atoms with Crippen molar-refractivity contribution in [2.75, 3.05) is 25.0 Å². The van der Waals surface area contributed by atoms with Crippen molar-refractivity contribution in [2.45, 2.75) is 38.6 Å². The maximum Gasteiger partial charge on any atom is 0.227 e. The molecule has 1 amide bonds. The molecule has 2 heterocycles. The highest BCUT2D eigenvalue weighted by Crippen LogP contribution is 2.50. The Hall–Kier alpha value is -2.43. The molecule has 1 aromatic heterocycles. The van der Waals surface area contributed by atoms with E-state index in [9.17, 15) is 4.79 Å². The number of benzene rings is 1. The Balaban J connectivity index is 1.33. The minimum atomic E-state index is 0.267. The lowest BCUT2D eigenvalue weighted by Crippen LogP contribution is -2.51. The number of likely N-dealkylation sites (tertiary alicyclic amines) is 1. The summed E-state index contributed by atoms with van der Waals surface area (Å²) in [7, 11) is 2.11. The standard InChI is InChI=1S/C21H26N4O/c1-16-5-3-4-6-17(16)11-20(26)25-10-8-21(14-25)12-18(13-21)24(2)19-7-9-22-15-23-19/h3-7,9,15,18H,8,10-14H2,1-2H3. The molecule has 1 saturated heterocycles.